The van der Waals surface area contributed by atoms with Crippen LogP contribution in [0.15, 0.2) is 47.2 Å². The van der Waals surface area contributed by atoms with Crippen LogP contribution in [0, 0.1) is 12.7 Å². The molecule has 0 spiro atoms. The Hall–Kier alpha value is -4.28. The number of nitrogens with one attached hydrogen (secondary N) is 2. The molecule has 0 aliphatic carbocycles. The third-order valence-electron chi connectivity index (χ3n) is 4.57. The van der Waals surface area contributed by atoms with Gasteiger partial charge in [0.2, 0.25) is 11.7 Å². The highest BCUT2D eigenvalue weighted by molar-refractivity contribution is 6.04. The van der Waals surface area contributed by atoms with E-state index in [1.54, 1.807) is 25.1 Å². The van der Waals surface area contributed by atoms with Gasteiger partial charge in [-0.05, 0) is 37.6 Å². The van der Waals surface area contributed by atoms with Crippen molar-refractivity contribution in [2.24, 2.45) is 0 Å². The molecule has 0 saturated carbocycles. The van der Waals surface area contributed by atoms with Crippen LogP contribution in [0.5, 0.6) is 0 Å². The van der Waals surface area contributed by atoms with Gasteiger partial charge in [0, 0.05) is 17.4 Å². The van der Waals surface area contributed by atoms with E-state index in [0.29, 0.717) is 16.9 Å². The summed E-state index contributed by atoms with van der Waals surface area (Å²) in [6.07, 6.45) is 2.00. The SMILES string of the molecule is CCOC(=O)NCc1nc(-c2ccc(C)c(NC(=O)c3cnc4ccc(F)cn34)c2)no1. The number of benzene rings is 1. The van der Waals surface area contributed by atoms with Crippen molar-refractivity contribution in [3.63, 3.8) is 0 Å². The average Bonchev–Trinajstić information content (AvgIpc) is 3.41. The van der Waals surface area contributed by atoms with Crippen molar-refractivity contribution in [2.75, 3.05) is 11.9 Å². The minimum atomic E-state index is -0.583. The lowest BCUT2D eigenvalue weighted by Gasteiger charge is -2.09. The average molecular weight is 438 g/mol. The number of carbonyl (C=O) groups is 2. The second-order valence-electron chi connectivity index (χ2n) is 6.79. The van der Waals surface area contributed by atoms with Gasteiger partial charge in [-0.1, -0.05) is 17.3 Å². The molecule has 0 aliphatic heterocycles. The van der Waals surface area contributed by atoms with E-state index in [1.807, 2.05) is 6.92 Å². The monoisotopic (exact) mass is 438 g/mol. The fourth-order valence-electron chi connectivity index (χ4n) is 2.98. The van der Waals surface area contributed by atoms with Gasteiger partial charge < -0.3 is 19.9 Å². The Morgan fingerprint density at radius 1 is 1.25 bits per heavy atom. The summed E-state index contributed by atoms with van der Waals surface area (Å²) < 4.78 is 24.9. The Morgan fingerprint density at radius 2 is 2.09 bits per heavy atom. The summed E-state index contributed by atoms with van der Waals surface area (Å²) in [5.41, 5.74) is 2.57. The number of amides is 2. The molecule has 164 valence electrons. The van der Waals surface area contributed by atoms with Crippen LogP contribution in [0.2, 0.25) is 0 Å². The Labute approximate surface area is 181 Å². The number of hydrogen-bond donors (Lipinski definition) is 2. The number of ether oxygens (including phenoxy) is 1. The number of alkyl carbamates (subject to hydrolysis) is 1. The number of halogens is 1. The summed E-state index contributed by atoms with van der Waals surface area (Å²) in [5, 5.41) is 9.22. The van der Waals surface area contributed by atoms with Crippen LogP contribution in [0.25, 0.3) is 17.0 Å². The molecule has 11 heteroatoms. The third-order valence-corrected chi connectivity index (χ3v) is 4.57. The first-order valence-corrected chi connectivity index (χ1v) is 9.73. The molecular weight excluding hydrogens is 419 g/mol. The molecule has 4 rings (SSSR count). The van der Waals surface area contributed by atoms with Crippen LogP contribution in [-0.4, -0.2) is 38.1 Å². The number of nitrogens with zero attached hydrogens (tertiary/aromatic N) is 4. The molecule has 0 unspecified atom stereocenters. The molecule has 0 bridgehead atoms. The zero-order valence-corrected chi connectivity index (χ0v) is 17.3. The molecule has 0 atom stereocenters. The first kappa shape index (κ1) is 21.0. The van der Waals surface area contributed by atoms with Gasteiger partial charge in [-0.2, -0.15) is 4.98 Å². The van der Waals surface area contributed by atoms with E-state index in [4.69, 9.17) is 9.26 Å². The first-order chi connectivity index (χ1) is 15.4. The van der Waals surface area contributed by atoms with Gasteiger partial charge >= 0.3 is 6.09 Å². The summed E-state index contributed by atoms with van der Waals surface area (Å²) in [6.45, 7) is 3.80. The lowest BCUT2D eigenvalue weighted by molar-refractivity contribution is 0.102. The summed E-state index contributed by atoms with van der Waals surface area (Å²) in [6, 6.07) is 8.04. The fraction of sp³-hybridized carbons (Fsp3) is 0.190. The number of aryl methyl sites for hydroxylation is 1. The number of pyridine rings is 1. The maximum atomic E-state index is 13.6. The standard InChI is InChI=1S/C21H19FN6O4/c1-3-31-21(30)24-10-18-26-19(27-32-18)13-5-4-12(2)15(8-13)25-20(29)16-9-23-17-7-6-14(22)11-28(16)17/h4-9,11H,3,10H2,1-2H3,(H,24,30)(H,25,29). The predicted molar refractivity (Wildman–Crippen MR) is 111 cm³/mol. The van der Waals surface area contributed by atoms with E-state index < -0.39 is 17.8 Å². The largest absolute Gasteiger partial charge is 0.450 e. The van der Waals surface area contributed by atoms with E-state index >= 15 is 0 Å². The van der Waals surface area contributed by atoms with Crippen molar-refractivity contribution in [1.82, 2.24) is 24.8 Å². The van der Waals surface area contributed by atoms with Crippen LogP contribution >= 0.6 is 0 Å². The van der Waals surface area contributed by atoms with Gasteiger partial charge in [0.05, 0.1) is 12.8 Å². The molecular formula is C21H19FN6O4. The van der Waals surface area contributed by atoms with Crippen molar-refractivity contribution < 1.29 is 23.2 Å². The smallest absolute Gasteiger partial charge is 0.407 e. The Bertz CT molecular complexity index is 1300. The maximum absolute atomic E-state index is 13.6. The normalized spacial score (nSPS) is 10.8. The Kier molecular flexibility index (Phi) is 5.79. The lowest BCUT2D eigenvalue weighted by atomic mass is 10.1. The highest BCUT2D eigenvalue weighted by Crippen LogP contribution is 2.24. The molecule has 0 fully saturated rings. The van der Waals surface area contributed by atoms with E-state index in [-0.39, 0.29) is 30.6 Å². The Balaban J connectivity index is 1.52. The van der Waals surface area contributed by atoms with Crippen molar-refractivity contribution >= 4 is 23.3 Å². The second kappa shape index (κ2) is 8.84. The van der Waals surface area contributed by atoms with Crippen LogP contribution in [-0.2, 0) is 11.3 Å². The number of imidazole rings is 1. The van der Waals surface area contributed by atoms with E-state index in [0.717, 1.165) is 5.56 Å². The van der Waals surface area contributed by atoms with Crippen molar-refractivity contribution in [3.05, 3.63) is 65.7 Å². The molecule has 2 amide bonds. The molecule has 0 saturated heterocycles. The zero-order chi connectivity index (χ0) is 22.7. The van der Waals surface area contributed by atoms with Crippen LogP contribution in [0.3, 0.4) is 0 Å². The number of fused-ring (bicyclic) bond motifs is 1. The molecule has 10 nitrogen and oxygen atoms in total. The molecule has 4 aromatic rings. The minimum absolute atomic E-state index is 0.0200. The van der Waals surface area contributed by atoms with Crippen LogP contribution in [0.4, 0.5) is 14.9 Å². The number of aromatic nitrogens is 4. The van der Waals surface area contributed by atoms with E-state index in [2.05, 4.69) is 25.8 Å². The summed E-state index contributed by atoms with van der Waals surface area (Å²) >= 11 is 0. The molecule has 0 aliphatic rings. The summed E-state index contributed by atoms with van der Waals surface area (Å²) in [7, 11) is 0. The predicted octanol–water partition coefficient (Wildman–Crippen LogP) is 3.33. The number of carbonyl (C=O) groups excluding carboxylic acids is 2. The molecule has 1 aromatic carbocycles. The maximum Gasteiger partial charge on any atom is 0.407 e. The second-order valence-corrected chi connectivity index (χ2v) is 6.79. The van der Waals surface area contributed by atoms with Crippen molar-refractivity contribution in [2.45, 2.75) is 20.4 Å². The molecule has 0 radical (unpaired) electrons. The number of rotatable bonds is 6. The van der Waals surface area contributed by atoms with Gasteiger partial charge in [-0.25, -0.2) is 14.2 Å². The van der Waals surface area contributed by atoms with Crippen LogP contribution < -0.4 is 10.6 Å². The topological polar surface area (TPSA) is 124 Å². The highest BCUT2D eigenvalue weighted by atomic mass is 19.1. The van der Waals surface area contributed by atoms with Crippen LogP contribution in [0.1, 0.15) is 28.9 Å². The fourth-order valence-corrected chi connectivity index (χ4v) is 2.98. The van der Waals surface area contributed by atoms with Gasteiger partial charge in [0.25, 0.3) is 5.91 Å². The highest BCUT2D eigenvalue weighted by Gasteiger charge is 2.16. The third kappa shape index (κ3) is 4.41. The first-order valence-electron chi connectivity index (χ1n) is 9.73. The van der Waals surface area contributed by atoms with Gasteiger partial charge in [-0.3, -0.25) is 9.20 Å². The number of anilines is 1. The lowest BCUT2D eigenvalue weighted by Crippen LogP contribution is -2.23. The molecule has 3 aromatic heterocycles. The van der Waals surface area contributed by atoms with Crippen molar-refractivity contribution in [1.29, 1.82) is 0 Å². The summed E-state index contributed by atoms with van der Waals surface area (Å²) in [4.78, 5) is 32.6. The van der Waals surface area contributed by atoms with Gasteiger partial charge in [0.1, 0.15) is 23.7 Å². The van der Waals surface area contributed by atoms with Crippen molar-refractivity contribution in [3.8, 4) is 11.4 Å². The minimum Gasteiger partial charge on any atom is -0.450 e. The molecule has 3 heterocycles. The number of hydrogen-bond acceptors (Lipinski definition) is 7. The molecule has 32 heavy (non-hydrogen) atoms. The van der Waals surface area contributed by atoms with Gasteiger partial charge in [0.15, 0.2) is 0 Å². The quantitative estimate of drug-likeness (QED) is 0.473. The van der Waals surface area contributed by atoms with E-state index in [1.165, 1.54) is 28.9 Å². The van der Waals surface area contributed by atoms with E-state index in [9.17, 15) is 14.0 Å². The van der Waals surface area contributed by atoms with Gasteiger partial charge in [-0.15, -0.1) is 0 Å². The zero-order valence-electron chi connectivity index (χ0n) is 17.3. The molecule has 2 N–H and O–H groups in total. The summed E-state index contributed by atoms with van der Waals surface area (Å²) in [5.74, 6) is -0.436. The Morgan fingerprint density at radius 3 is 2.91 bits per heavy atom.